The van der Waals surface area contributed by atoms with E-state index in [2.05, 4.69) is 17.5 Å². The molecule has 0 unspecified atom stereocenters. The van der Waals surface area contributed by atoms with Crippen molar-refractivity contribution in [3.05, 3.63) is 52.4 Å². The van der Waals surface area contributed by atoms with Crippen molar-refractivity contribution in [2.45, 2.75) is 38.7 Å². The molecule has 1 amide bonds. The monoisotopic (exact) mass is 339 g/mol. The quantitative estimate of drug-likeness (QED) is 0.802. The van der Waals surface area contributed by atoms with Crippen molar-refractivity contribution in [1.29, 1.82) is 0 Å². The Labute approximate surface area is 146 Å². The minimum Gasteiger partial charge on any atom is -0.488 e. The number of fused-ring (bicyclic) bond motifs is 3. The summed E-state index contributed by atoms with van der Waals surface area (Å²) in [7, 11) is 0. The number of benzene rings is 1. The highest BCUT2D eigenvalue weighted by atomic mass is 32.1. The summed E-state index contributed by atoms with van der Waals surface area (Å²) in [5, 5.41) is 3.07. The van der Waals surface area contributed by atoms with E-state index in [4.69, 9.17) is 4.74 Å². The van der Waals surface area contributed by atoms with Crippen LogP contribution in [0.4, 0.5) is 0 Å². The van der Waals surface area contributed by atoms with Crippen LogP contribution in [0.25, 0.3) is 10.4 Å². The SMILES string of the molecule is O=C(NCCC1=CCCCC1)c1cc2c(s1)-c1ccccc1OC2. The topological polar surface area (TPSA) is 38.3 Å². The lowest BCUT2D eigenvalue weighted by molar-refractivity contribution is 0.0958. The highest BCUT2D eigenvalue weighted by molar-refractivity contribution is 7.17. The smallest absolute Gasteiger partial charge is 0.261 e. The Morgan fingerprint density at radius 1 is 1.25 bits per heavy atom. The normalized spacial score (nSPS) is 15.8. The minimum atomic E-state index is 0.0308. The lowest BCUT2D eigenvalue weighted by Crippen LogP contribution is -2.24. The predicted octanol–water partition coefficient (Wildman–Crippen LogP) is 4.93. The maximum atomic E-state index is 12.5. The Balaban J connectivity index is 1.43. The highest BCUT2D eigenvalue weighted by Gasteiger charge is 2.22. The number of hydrogen-bond acceptors (Lipinski definition) is 3. The molecule has 0 saturated carbocycles. The molecule has 0 atom stereocenters. The number of rotatable bonds is 4. The molecular weight excluding hydrogens is 318 g/mol. The van der Waals surface area contributed by atoms with Crippen LogP contribution in [0.3, 0.4) is 0 Å². The first kappa shape index (κ1) is 15.5. The van der Waals surface area contributed by atoms with E-state index in [1.165, 1.54) is 31.3 Å². The number of amides is 1. The molecule has 1 N–H and O–H groups in total. The van der Waals surface area contributed by atoms with Gasteiger partial charge >= 0.3 is 0 Å². The molecule has 0 bridgehead atoms. The van der Waals surface area contributed by atoms with Crippen molar-refractivity contribution < 1.29 is 9.53 Å². The van der Waals surface area contributed by atoms with Gasteiger partial charge in [0.1, 0.15) is 12.4 Å². The molecule has 24 heavy (non-hydrogen) atoms. The molecule has 0 radical (unpaired) electrons. The fourth-order valence-corrected chi connectivity index (χ4v) is 4.48. The lowest BCUT2D eigenvalue weighted by atomic mass is 9.97. The van der Waals surface area contributed by atoms with Crippen LogP contribution < -0.4 is 10.1 Å². The minimum absolute atomic E-state index is 0.0308. The molecule has 0 spiro atoms. The first-order valence-electron chi connectivity index (χ1n) is 8.62. The fraction of sp³-hybridized carbons (Fsp3) is 0.350. The van der Waals surface area contributed by atoms with Gasteiger partial charge in [-0.15, -0.1) is 11.3 Å². The van der Waals surface area contributed by atoms with Crippen molar-refractivity contribution in [3.63, 3.8) is 0 Å². The largest absolute Gasteiger partial charge is 0.488 e. The van der Waals surface area contributed by atoms with Crippen molar-refractivity contribution in [3.8, 4) is 16.2 Å². The van der Waals surface area contributed by atoms with E-state index < -0.39 is 0 Å². The second kappa shape index (κ2) is 6.81. The summed E-state index contributed by atoms with van der Waals surface area (Å²) in [6, 6.07) is 10.0. The molecule has 1 aromatic carbocycles. The van der Waals surface area contributed by atoms with Crippen molar-refractivity contribution in [2.75, 3.05) is 6.54 Å². The number of para-hydroxylation sites is 1. The number of allylic oxidation sites excluding steroid dienone is 1. The van der Waals surface area contributed by atoms with Gasteiger partial charge in [0.25, 0.3) is 5.91 Å². The van der Waals surface area contributed by atoms with Gasteiger partial charge in [-0.1, -0.05) is 23.8 Å². The van der Waals surface area contributed by atoms with Gasteiger partial charge in [-0.3, -0.25) is 4.79 Å². The number of nitrogens with one attached hydrogen (secondary N) is 1. The molecule has 1 aromatic heterocycles. The standard InChI is InChI=1S/C20H21NO2S/c22-20(21-11-10-14-6-2-1-3-7-14)18-12-15-13-23-17-9-5-4-8-16(17)19(15)24-18/h4-6,8-9,12H,1-3,7,10-11,13H2,(H,21,22). The van der Waals surface area contributed by atoms with Crippen LogP contribution in [0.15, 0.2) is 42.0 Å². The Hall–Kier alpha value is -2.07. The van der Waals surface area contributed by atoms with E-state index in [1.54, 1.807) is 11.3 Å². The first-order chi connectivity index (χ1) is 11.8. The third kappa shape index (κ3) is 3.11. The summed E-state index contributed by atoms with van der Waals surface area (Å²) >= 11 is 1.57. The number of carbonyl (C=O) groups excluding carboxylic acids is 1. The van der Waals surface area contributed by atoms with Gasteiger partial charge in [0.05, 0.1) is 4.88 Å². The molecule has 4 heteroatoms. The van der Waals surface area contributed by atoms with Crippen LogP contribution in [0.1, 0.15) is 47.3 Å². The van der Waals surface area contributed by atoms with Crippen LogP contribution in [0, 0.1) is 0 Å². The number of ether oxygens (including phenoxy) is 1. The summed E-state index contributed by atoms with van der Waals surface area (Å²) in [6.07, 6.45) is 8.30. The third-order valence-electron chi connectivity index (χ3n) is 4.66. The molecule has 2 aromatic rings. The molecule has 4 rings (SSSR count). The Bertz CT molecular complexity index is 791. The maximum absolute atomic E-state index is 12.5. The Morgan fingerprint density at radius 3 is 3.04 bits per heavy atom. The molecular formula is C20H21NO2S. The average Bonchev–Trinajstić information content (AvgIpc) is 3.07. The van der Waals surface area contributed by atoms with Gasteiger partial charge in [-0.05, 0) is 50.3 Å². The third-order valence-corrected chi connectivity index (χ3v) is 5.87. The molecule has 2 heterocycles. The average molecular weight is 339 g/mol. The predicted molar refractivity (Wildman–Crippen MR) is 97.6 cm³/mol. The van der Waals surface area contributed by atoms with Crippen molar-refractivity contribution >= 4 is 17.2 Å². The fourth-order valence-electron chi connectivity index (χ4n) is 3.37. The Kier molecular flexibility index (Phi) is 4.39. The van der Waals surface area contributed by atoms with Crippen molar-refractivity contribution in [2.24, 2.45) is 0 Å². The zero-order valence-electron chi connectivity index (χ0n) is 13.6. The lowest BCUT2D eigenvalue weighted by Gasteiger charge is -2.16. The highest BCUT2D eigenvalue weighted by Crippen LogP contribution is 2.42. The van der Waals surface area contributed by atoms with E-state index in [0.717, 1.165) is 39.6 Å². The summed E-state index contributed by atoms with van der Waals surface area (Å²) in [5.41, 5.74) is 3.70. The van der Waals surface area contributed by atoms with Gasteiger partial charge in [0.2, 0.25) is 0 Å². The second-order valence-electron chi connectivity index (χ2n) is 6.36. The van der Waals surface area contributed by atoms with E-state index in [-0.39, 0.29) is 5.91 Å². The zero-order chi connectivity index (χ0) is 16.4. The van der Waals surface area contributed by atoms with Crippen molar-refractivity contribution in [1.82, 2.24) is 5.32 Å². The molecule has 0 saturated heterocycles. The zero-order valence-corrected chi connectivity index (χ0v) is 14.5. The summed E-state index contributed by atoms with van der Waals surface area (Å²) in [4.78, 5) is 14.4. The Morgan fingerprint density at radius 2 is 2.17 bits per heavy atom. The van der Waals surface area contributed by atoms with E-state index in [1.807, 2.05) is 24.3 Å². The van der Waals surface area contributed by atoms with E-state index in [0.29, 0.717) is 6.61 Å². The molecule has 1 aliphatic heterocycles. The summed E-state index contributed by atoms with van der Waals surface area (Å²) in [6.45, 7) is 1.27. The van der Waals surface area contributed by atoms with E-state index >= 15 is 0 Å². The number of hydrogen-bond donors (Lipinski definition) is 1. The van der Waals surface area contributed by atoms with Gasteiger partial charge in [-0.2, -0.15) is 0 Å². The molecule has 3 nitrogen and oxygen atoms in total. The van der Waals surface area contributed by atoms with Crippen LogP contribution in [0.2, 0.25) is 0 Å². The van der Waals surface area contributed by atoms with Crippen LogP contribution in [-0.2, 0) is 6.61 Å². The van der Waals surface area contributed by atoms with Gasteiger partial charge in [0, 0.05) is 22.5 Å². The van der Waals surface area contributed by atoms with Crippen LogP contribution in [-0.4, -0.2) is 12.5 Å². The molecule has 124 valence electrons. The molecule has 2 aliphatic rings. The van der Waals surface area contributed by atoms with Crippen LogP contribution >= 0.6 is 11.3 Å². The number of thiophene rings is 1. The second-order valence-corrected chi connectivity index (χ2v) is 7.42. The van der Waals surface area contributed by atoms with Gasteiger partial charge in [-0.25, -0.2) is 0 Å². The molecule has 1 aliphatic carbocycles. The number of carbonyl (C=O) groups is 1. The summed E-state index contributed by atoms with van der Waals surface area (Å²) in [5.74, 6) is 0.936. The maximum Gasteiger partial charge on any atom is 0.261 e. The van der Waals surface area contributed by atoms with Gasteiger partial charge < -0.3 is 10.1 Å². The summed E-state index contributed by atoms with van der Waals surface area (Å²) < 4.78 is 5.77. The van der Waals surface area contributed by atoms with Crippen LogP contribution in [0.5, 0.6) is 5.75 Å². The first-order valence-corrected chi connectivity index (χ1v) is 9.44. The van der Waals surface area contributed by atoms with Gasteiger partial charge in [0.15, 0.2) is 0 Å². The molecule has 0 fully saturated rings. The van der Waals surface area contributed by atoms with E-state index in [9.17, 15) is 4.79 Å².